The summed E-state index contributed by atoms with van der Waals surface area (Å²) in [5, 5.41) is 15.9. The number of carboxylic acids is 1. The first-order chi connectivity index (χ1) is 8.68. The molecule has 2 aromatic heterocycles. The zero-order valence-corrected chi connectivity index (χ0v) is 9.58. The molecule has 0 saturated heterocycles. The molecule has 7 nitrogen and oxygen atoms in total. The van der Waals surface area contributed by atoms with Gasteiger partial charge in [0.1, 0.15) is 5.82 Å². The average molecular weight is 247 g/mol. The lowest BCUT2D eigenvalue weighted by Crippen LogP contribution is -2.14. The molecule has 0 aromatic carbocycles. The summed E-state index contributed by atoms with van der Waals surface area (Å²) in [5.74, 6) is -0.688. The molecule has 0 spiro atoms. The van der Waals surface area contributed by atoms with Gasteiger partial charge in [-0.15, -0.1) is 0 Å². The van der Waals surface area contributed by atoms with Crippen LogP contribution in [-0.4, -0.2) is 32.4 Å². The fraction of sp³-hybridized carbons (Fsp3) is 0.182. The number of rotatable bonds is 5. The molecule has 2 aromatic rings. The van der Waals surface area contributed by atoms with Crippen LogP contribution in [-0.2, 0) is 6.54 Å². The lowest BCUT2D eigenvalue weighted by atomic mass is 10.2. The van der Waals surface area contributed by atoms with Gasteiger partial charge in [0, 0.05) is 25.1 Å². The van der Waals surface area contributed by atoms with E-state index in [2.05, 4.69) is 15.4 Å². The Hall–Kier alpha value is -2.57. The summed E-state index contributed by atoms with van der Waals surface area (Å²) in [5.41, 5.74) is 5.91. The van der Waals surface area contributed by atoms with Crippen molar-refractivity contribution < 1.29 is 9.90 Å². The van der Waals surface area contributed by atoms with E-state index in [1.54, 1.807) is 10.9 Å². The molecule has 0 fully saturated rings. The van der Waals surface area contributed by atoms with Crippen molar-refractivity contribution in [2.24, 2.45) is 0 Å². The number of hydrogen-bond donors (Lipinski definition) is 3. The van der Waals surface area contributed by atoms with Crippen LogP contribution < -0.4 is 11.1 Å². The maximum absolute atomic E-state index is 10.9. The molecule has 0 atom stereocenters. The second-order valence-corrected chi connectivity index (χ2v) is 3.62. The summed E-state index contributed by atoms with van der Waals surface area (Å²) in [6.45, 7) is 1.20. The summed E-state index contributed by atoms with van der Waals surface area (Å²) in [6.07, 6.45) is 4.94. The third kappa shape index (κ3) is 2.57. The predicted octanol–water partition coefficient (Wildman–Crippen LogP) is 0.671. The van der Waals surface area contributed by atoms with Crippen LogP contribution in [0.15, 0.2) is 30.7 Å². The van der Waals surface area contributed by atoms with E-state index in [4.69, 9.17) is 10.8 Å². The summed E-state index contributed by atoms with van der Waals surface area (Å²) >= 11 is 0. The Morgan fingerprint density at radius 3 is 3.00 bits per heavy atom. The molecule has 0 aliphatic carbocycles. The quantitative estimate of drug-likeness (QED) is 0.717. The van der Waals surface area contributed by atoms with Crippen LogP contribution in [0.1, 0.15) is 10.4 Å². The largest absolute Gasteiger partial charge is 0.478 e. The van der Waals surface area contributed by atoms with Crippen molar-refractivity contribution in [3.05, 3.63) is 36.3 Å². The van der Waals surface area contributed by atoms with Crippen molar-refractivity contribution in [3.8, 4) is 0 Å². The molecule has 2 rings (SSSR count). The second kappa shape index (κ2) is 5.17. The van der Waals surface area contributed by atoms with Crippen LogP contribution in [0, 0.1) is 0 Å². The van der Waals surface area contributed by atoms with Crippen LogP contribution in [0.4, 0.5) is 11.5 Å². The molecular weight excluding hydrogens is 234 g/mol. The van der Waals surface area contributed by atoms with Crippen molar-refractivity contribution in [1.29, 1.82) is 0 Å². The molecule has 7 heteroatoms. The predicted molar refractivity (Wildman–Crippen MR) is 66.3 cm³/mol. The zero-order chi connectivity index (χ0) is 13.0. The Kier molecular flexibility index (Phi) is 3.42. The number of anilines is 2. The Labute approximate surface area is 103 Å². The highest BCUT2D eigenvalue weighted by Crippen LogP contribution is 2.19. The second-order valence-electron chi connectivity index (χ2n) is 3.62. The fourth-order valence-electron chi connectivity index (χ4n) is 1.52. The van der Waals surface area contributed by atoms with E-state index in [-0.39, 0.29) is 11.3 Å². The smallest absolute Gasteiger partial charge is 0.337 e. The topological polar surface area (TPSA) is 106 Å². The fourth-order valence-corrected chi connectivity index (χ4v) is 1.52. The van der Waals surface area contributed by atoms with Gasteiger partial charge in [0.2, 0.25) is 0 Å². The van der Waals surface area contributed by atoms with Crippen molar-refractivity contribution in [2.45, 2.75) is 6.54 Å². The number of nitrogens with zero attached hydrogens (tertiary/aromatic N) is 3. The highest BCUT2D eigenvalue weighted by atomic mass is 16.4. The summed E-state index contributed by atoms with van der Waals surface area (Å²) in [6, 6.07) is 3.20. The van der Waals surface area contributed by atoms with Crippen LogP contribution in [0.2, 0.25) is 0 Å². The minimum absolute atomic E-state index is 0.0478. The van der Waals surface area contributed by atoms with Gasteiger partial charge in [-0.3, -0.25) is 4.68 Å². The molecule has 0 aliphatic heterocycles. The van der Waals surface area contributed by atoms with Gasteiger partial charge in [0.25, 0.3) is 0 Å². The van der Waals surface area contributed by atoms with E-state index >= 15 is 0 Å². The third-order valence-corrected chi connectivity index (χ3v) is 2.41. The number of nitrogens with two attached hydrogens (primary N) is 1. The molecular formula is C11H13N5O2. The van der Waals surface area contributed by atoms with Crippen LogP contribution in [0.3, 0.4) is 0 Å². The van der Waals surface area contributed by atoms with Gasteiger partial charge in [-0.1, -0.05) is 0 Å². The lowest BCUT2D eigenvalue weighted by molar-refractivity contribution is 0.0698. The monoisotopic (exact) mass is 247 g/mol. The number of carbonyl (C=O) groups is 1. The molecule has 0 aliphatic rings. The van der Waals surface area contributed by atoms with Crippen molar-refractivity contribution >= 4 is 17.5 Å². The number of carboxylic acid groups (broad SMARTS) is 1. The minimum Gasteiger partial charge on any atom is -0.478 e. The van der Waals surface area contributed by atoms with E-state index in [1.165, 1.54) is 12.3 Å². The average Bonchev–Trinajstić information content (AvgIpc) is 2.84. The molecule has 0 amide bonds. The number of aromatic nitrogens is 3. The Morgan fingerprint density at radius 1 is 1.50 bits per heavy atom. The highest BCUT2D eigenvalue weighted by Gasteiger charge is 2.11. The van der Waals surface area contributed by atoms with E-state index in [0.29, 0.717) is 18.9 Å². The van der Waals surface area contributed by atoms with Gasteiger partial charge in [-0.25, -0.2) is 9.78 Å². The molecule has 2 heterocycles. The minimum atomic E-state index is -1.06. The Balaban J connectivity index is 2.01. The van der Waals surface area contributed by atoms with Crippen molar-refractivity contribution in [2.75, 3.05) is 17.6 Å². The molecule has 0 unspecified atom stereocenters. The zero-order valence-electron chi connectivity index (χ0n) is 9.58. The van der Waals surface area contributed by atoms with Crippen LogP contribution >= 0.6 is 0 Å². The standard InChI is InChI=1S/C11H13N5O2/c12-9-8(11(17)18)2-4-13-10(9)14-5-7-16-6-1-3-15-16/h1-4,6H,5,7,12H2,(H,13,14)(H,17,18). The number of aromatic carboxylic acids is 1. The van der Waals surface area contributed by atoms with E-state index in [9.17, 15) is 4.79 Å². The number of nitrogen functional groups attached to an aromatic ring is 1. The Morgan fingerprint density at radius 2 is 2.33 bits per heavy atom. The van der Waals surface area contributed by atoms with Gasteiger partial charge in [0.05, 0.1) is 17.8 Å². The van der Waals surface area contributed by atoms with E-state index in [0.717, 1.165) is 0 Å². The van der Waals surface area contributed by atoms with Gasteiger partial charge in [-0.05, 0) is 12.1 Å². The molecule has 0 saturated carbocycles. The van der Waals surface area contributed by atoms with Crippen molar-refractivity contribution in [1.82, 2.24) is 14.8 Å². The SMILES string of the molecule is Nc1c(C(=O)O)ccnc1NCCn1cccn1. The van der Waals surface area contributed by atoms with Gasteiger partial charge < -0.3 is 16.2 Å². The highest BCUT2D eigenvalue weighted by molar-refractivity contribution is 5.96. The van der Waals surface area contributed by atoms with Crippen LogP contribution in [0.25, 0.3) is 0 Å². The number of hydrogen-bond acceptors (Lipinski definition) is 5. The van der Waals surface area contributed by atoms with E-state index in [1.807, 2.05) is 12.3 Å². The van der Waals surface area contributed by atoms with Gasteiger partial charge in [0.15, 0.2) is 0 Å². The first-order valence-corrected chi connectivity index (χ1v) is 5.37. The number of nitrogens with one attached hydrogen (secondary N) is 1. The lowest BCUT2D eigenvalue weighted by Gasteiger charge is -2.09. The summed E-state index contributed by atoms with van der Waals surface area (Å²) in [7, 11) is 0. The maximum atomic E-state index is 10.9. The maximum Gasteiger partial charge on any atom is 0.337 e. The van der Waals surface area contributed by atoms with Crippen molar-refractivity contribution in [3.63, 3.8) is 0 Å². The molecule has 94 valence electrons. The van der Waals surface area contributed by atoms with E-state index < -0.39 is 5.97 Å². The van der Waals surface area contributed by atoms with Gasteiger partial charge in [-0.2, -0.15) is 5.10 Å². The first kappa shape index (κ1) is 11.9. The molecule has 0 bridgehead atoms. The van der Waals surface area contributed by atoms with Gasteiger partial charge >= 0.3 is 5.97 Å². The molecule has 4 N–H and O–H groups in total. The van der Waals surface area contributed by atoms with Crippen LogP contribution in [0.5, 0.6) is 0 Å². The first-order valence-electron chi connectivity index (χ1n) is 5.37. The summed E-state index contributed by atoms with van der Waals surface area (Å²) in [4.78, 5) is 14.9. The third-order valence-electron chi connectivity index (χ3n) is 2.41. The summed E-state index contributed by atoms with van der Waals surface area (Å²) < 4.78 is 1.75. The number of pyridine rings is 1. The molecule has 0 radical (unpaired) electrons. The Bertz CT molecular complexity index is 538. The normalized spacial score (nSPS) is 10.2. The molecule has 18 heavy (non-hydrogen) atoms.